The van der Waals surface area contributed by atoms with Gasteiger partial charge in [0, 0.05) is 46.7 Å². The Kier molecular flexibility index (Phi) is 6.63. The minimum absolute atomic E-state index is 0.000856. The fourth-order valence-corrected chi connectivity index (χ4v) is 4.90. The van der Waals surface area contributed by atoms with Gasteiger partial charge in [-0.05, 0) is 38.0 Å². The summed E-state index contributed by atoms with van der Waals surface area (Å²) >= 11 is 0. The molecule has 1 aliphatic heterocycles. The van der Waals surface area contributed by atoms with Crippen molar-refractivity contribution in [1.82, 2.24) is 15.2 Å². The van der Waals surface area contributed by atoms with Crippen LogP contribution in [-0.4, -0.2) is 34.3 Å². The lowest BCUT2D eigenvalue weighted by molar-refractivity contribution is -0.122. The van der Waals surface area contributed by atoms with Crippen LogP contribution >= 0.6 is 0 Å². The lowest BCUT2D eigenvalue weighted by Gasteiger charge is -2.26. The Morgan fingerprint density at radius 1 is 1.12 bits per heavy atom. The van der Waals surface area contributed by atoms with Crippen molar-refractivity contribution < 1.29 is 9.59 Å². The van der Waals surface area contributed by atoms with E-state index in [1.807, 2.05) is 41.3 Å². The summed E-state index contributed by atoms with van der Waals surface area (Å²) in [6.45, 7) is 6.69. The van der Waals surface area contributed by atoms with E-state index in [4.69, 9.17) is 0 Å². The smallest absolute Gasteiger partial charge is 0.255 e. The van der Waals surface area contributed by atoms with Gasteiger partial charge in [0.1, 0.15) is 0 Å². The minimum Gasteiger partial charge on any atom is -0.358 e. The van der Waals surface area contributed by atoms with Crippen molar-refractivity contribution in [3.8, 4) is 0 Å². The molecule has 0 unspecified atom stereocenters. The summed E-state index contributed by atoms with van der Waals surface area (Å²) in [7, 11) is 0. The Hall–Kier alpha value is -3.08. The third-order valence-corrected chi connectivity index (χ3v) is 6.50. The number of nitrogens with one attached hydrogen (secondary N) is 2. The second-order valence-corrected chi connectivity index (χ2v) is 8.91. The van der Waals surface area contributed by atoms with Gasteiger partial charge in [-0.2, -0.15) is 0 Å². The number of aromatic amines is 1. The van der Waals surface area contributed by atoms with Crippen LogP contribution < -0.4 is 5.32 Å². The molecule has 2 aromatic carbocycles. The molecule has 3 aromatic rings. The number of benzene rings is 2. The molecule has 2 N–H and O–H groups in total. The number of aromatic nitrogens is 1. The van der Waals surface area contributed by atoms with Gasteiger partial charge >= 0.3 is 0 Å². The molecule has 0 saturated carbocycles. The molecule has 0 aliphatic carbocycles. The third kappa shape index (κ3) is 4.29. The first-order valence-electron chi connectivity index (χ1n) is 11.8. The maximum atomic E-state index is 13.3. The van der Waals surface area contributed by atoms with E-state index in [9.17, 15) is 9.59 Å². The Bertz CT molecular complexity index is 1120. The van der Waals surface area contributed by atoms with Crippen LogP contribution in [0.5, 0.6) is 0 Å². The molecule has 0 bridgehead atoms. The van der Waals surface area contributed by atoms with Gasteiger partial charge in [0.2, 0.25) is 5.91 Å². The van der Waals surface area contributed by atoms with Gasteiger partial charge in [-0.25, -0.2) is 0 Å². The van der Waals surface area contributed by atoms with Gasteiger partial charge < -0.3 is 15.2 Å². The molecule has 0 fully saturated rings. The molecular weight excluding hydrogens is 398 g/mol. The fourth-order valence-electron chi connectivity index (χ4n) is 4.90. The van der Waals surface area contributed by atoms with Gasteiger partial charge in [-0.15, -0.1) is 0 Å². The molecule has 4 rings (SSSR count). The van der Waals surface area contributed by atoms with Crippen molar-refractivity contribution in [2.24, 2.45) is 0 Å². The topological polar surface area (TPSA) is 65.2 Å². The van der Waals surface area contributed by atoms with Crippen molar-refractivity contribution in [2.75, 3.05) is 6.54 Å². The molecule has 1 aliphatic rings. The predicted molar refractivity (Wildman–Crippen MR) is 129 cm³/mol. The second-order valence-electron chi connectivity index (χ2n) is 8.91. The number of fused-ring (bicyclic) bond motifs is 2. The Labute approximate surface area is 190 Å². The van der Waals surface area contributed by atoms with E-state index in [-0.39, 0.29) is 23.9 Å². The number of aryl methyl sites for hydroxylation is 1. The molecule has 0 spiro atoms. The maximum Gasteiger partial charge on any atom is 0.255 e. The van der Waals surface area contributed by atoms with E-state index in [1.165, 1.54) is 12.8 Å². The Balaban J connectivity index is 1.56. The monoisotopic (exact) mass is 431 g/mol. The lowest BCUT2D eigenvalue weighted by atomic mass is 9.95. The number of nitrogens with zero attached hydrogens (tertiary/aromatic N) is 1. The average molecular weight is 432 g/mol. The lowest BCUT2D eigenvalue weighted by Crippen LogP contribution is -2.37. The molecule has 1 aromatic heterocycles. The number of rotatable bonds is 9. The van der Waals surface area contributed by atoms with Gasteiger partial charge in [-0.1, -0.05) is 62.6 Å². The van der Waals surface area contributed by atoms with E-state index < -0.39 is 0 Å². The average Bonchev–Trinajstić information content (AvgIpc) is 3.25. The zero-order chi connectivity index (χ0) is 22.7. The zero-order valence-electron chi connectivity index (χ0n) is 19.3. The number of para-hydroxylation sites is 1. The molecule has 0 radical (unpaired) electrons. The quantitative estimate of drug-likeness (QED) is 0.440. The minimum atomic E-state index is -0.190. The van der Waals surface area contributed by atoms with Crippen LogP contribution in [0.25, 0.3) is 10.9 Å². The predicted octanol–water partition coefficient (Wildman–Crippen LogP) is 5.50. The molecule has 2 amide bonds. The highest BCUT2D eigenvalue weighted by atomic mass is 16.2. The highest BCUT2D eigenvalue weighted by Crippen LogP contribution is 2.42. The molecule has 5 nitrogen and oxygen atoms in total. The first-order valence-corrected chi connectivity index (χ1v) is 11.8. The Morgan fingerprint density at radius 2 is 1.88 bits per heavy atom. The number of amides is 2. The summed E-state index contributed by atoms with van der Waals surface area (Å²) in [5.41, 5.74) is 4.98. The summed E-state index contributed by atoms with van der Waals surface area (Å²) in [6, 6.07) is 16.0. The molecule has 32 heavy (non-hydrogen) atoms. The second kappa shape index (κ2) is 9.60. The molecular formula is C27H33N3O2. The first kappa shape index (κ1) is 22.1. The maximum absolute atomic E-state index is 13.3. The normalized spacial score (nSPS) is 16.4. The summed E-state index contributed by atoms with van der Waals surface area (Å²) in [4.78, 5) is 31.3. The number of hydrogen-bond donors (Lipinski definition) is 2. The van der Waals surface area contributed by atoms with Gasteiger partial charge in [0.25, 0.3) is 5.91 Å². The van der Waals surface area contributed by atoms with E-state index in [2.05, 4.69) is 43.2 Å². The number of hydrogen-bond acceptors (Lipinski definition) is 2. The summed E-state index contributed by atoms with van der Waals surface area (Å²) in [5.74, 6) is 0.00577. The van der Waals surface area contributed by atoms with E-state index in [0.717, 1.165) is 46.1 Å². The van der Waals surface area contributed by atoms with Crippen LogP contribution in [0.2, 0.25) is 0 Å². The highest BCUT2D eigenvalue weighted by Gasteiger charge is 2.39. The van der Waals surface area contributed by atoms with Crippen LogP contribution in [0.3, 0.4) is 0 Å². The SMILES string of the molecule is CCCCC[C@H](C)NC(=O)CCN1C(=O)c2ccccc2[C@@H]1c1c(C)[nH]c2ccccc12. The number of carbonyl (C=O) groups is 2. The molecule has 2 heterocycles. The molecule has 5 heteroatoms. The van der Waals surface area contributed by atoms with Crippen molar-refractivity contribution in [3.05, 3.63) is 70.9 Å². The van der Waals surface area contributed by atoms with E-state index in [0.29, 0.717) is 13.0 Å². The van der Waals surface area contributed by atoms with Crippen LogP contribution in [0.4, 0.5) is 0 Å². The van der Waals surface area contributed by atoms with Crippen molar-refractivity contribution in [2.45, 2.75) is 65.0 Å². The van der Waals surface area contributed by atoms with Crippen LogP contribution in [-0.2, 0) is 4.79 Å². The molecule has 2 atom stereocenters. The molecule has 168 valence electrons. The first-order chi connectivity index (χ1) is 15.5. The van der Waals surface area contributed by atoms with Crippen molar-refractivity contribution >= 4 is 22.7 Å². The zero-order valence-corrected chi connectivity index (χ0v) is 19.3. The van der Waals surface area contributed by atoms with Crippen LogP contribution in [0, 0.1) is 6.92 Å². The Morgan fingerprint density at radius 3 is 2.69 bits per heavy atom. The van der Waals surface area contributed by atoms with Crippen molar-refractivity contribution in [3.63, 3.8) is 0 Å². The standard InChI is InChI=1S/C27H33N3O2/c1-4-5-6-11-18(2)28-24(31)16-17-30-26(20-12-7-8-13-21(20)27(30)32)25-19(3)29-23-15-10-9-14-22(23)25/h7-10,12-15,18,26,29H,4-6,11,16-17H2,1-3H3,(H,28,31)/t18-,26+/m0/s1. The van der Waals surface area contributed by atoms with Crippen molar-refractivity contribution in [1.29, 1.82) is 0 Å². The van der Waals surface area contributed by atoms with E-state index in [1.54, 1.807) is 0 Å². The fraction of sp³-hybridized carbons (Fsp3) is 0.407. The van der Waals surface area contributed by atoms with Crippen LogP contribution in [0.1, 0.15) is 79.2 Å². The summed E-state index contributed by atoms with van der Waals surface area (Å²) in [6.07, 6.45) is 4.78. The van der Waals surface area contributed by atoms with E-state index >= 15 is 0 Å². The highest BCUT2D eigenvalue weighted by molar-refractivity contribution is 6.01. The largest absolute Gasteiger partial charge is 0.358 e. The number of carbonyl (C=O) groups excluding carboxylic acids is 2. The third-order valence-electron chi connectivity index (χ3n) is 6.50. The number of H-pyrrole nitrogens is 1. The van der Waals surface area contributed by atoms with Gasteiger partial charge in [0.05, 0.1) is 6.04 Å². The summed E-state index contributed by atoms with van der Waals surface area (Å²) < 4.78 is 0. The number of unbranched alkanes of at least 4 members (excludes halogenated alkanes) is 2. The van der Waals surface area contributed by atoms with Crippen LogP contribution in [0.15, 0.2) is 48.5 Å². The molecule has 0 saturated heterocycles. The van der Waals surface area contributed by atoms with Gasteiger partial charge in [0.15, 0.2) is 0 Å². The summed E-state index contributed by atoms with van der Waals surface area (Å²) in [5, 5.41) is 4.23. The van der Waals surface area contributed by atoms with Gasteiger partial charge in [-0.3, -0.25) is 9.59 Å².